The van der Waals surface area contributed by atoms with E-state index in [1.807, 2.05) is 0 Å². The maximum Gasteiger partial charge on any atom is 0.0818 e. The summed E-state index contributed by atoms with van der Waals surface area (Å²) >= 11 is 0. The second-order valence-electron chi connectivity index (χ2n) is 2.05. The SMILES string of the molecule is N[C@H]1C#CCC[C@@H]1N. The molecule has 0 heterocycles. The summed E-state index contributed by atoms with van der Waals surface area (Å²) in [6.45, 7) is 0. The van der Waals surface area contributed by atoms with Crippen molar-refractivity contribution in [3.05, 3.63) is 0 Å². The summed E-state index contributed by atoms with van der Waals surface area (Å²) in [7, 11) is 0. The summed E-state index contributed by atoms with van der Waals surface area (Å²) in [4.78, 5) is 0. The van der Waals surface area contributed by atoms with Crippen molar-refractivity contribution in [3.8, 4) is 11.8 Å². The van der Waals surface area contributed by atoms with Gasteiger partial charge < -0.3 is 11.5 Å². The molecule has 0 spiro atoms. The molecule has 0 saturated heterocycles. The van der Waals surface area contributed by atoms with Crippen LogP contribution in [0.25, 0.3) is 0 Å². The molecule has 0 unspecified atom stereocenters. The zero-order valence-electron chi connectivity index (χ0n) is 4.72. The molecule has 8 heavy (non-hydrogen) atoms. The summed E-state index contributed by atoms with van der Waals surface area (Å²) in [5, 5.41) is 0. The van der Waals surface area contributed by atoms with Crippen molar-refractivity contribution in [2.45, 2.75) is 24.9 Å². The normalized spacial score (nSPS) is 35.8. The minimum absolute atomic E-state index is 0.0799. The van der Waals surface area contributed by atoms with Gasteiger partial charge in [0.15, 0.2) is 0 Å². The standard InChI is InChI=1S/C6H10N2/c7-5-3-1-2-4-6(5)8/h5-6H,1,3,7-8H2/t5-,6-/m0/s1. The van der Waals surface area contributed by atoms with Gasteiger partial charge in [-0.1, -0.05) is 5.92 Å². The molecule has 0 aromatic carbocycles. The predicted molar refractivity (Wildman–Crippen MR) is 33.0 cm³/mol. The Morgan fingerprint density at radius 2 is 2.12 bits per heavy atom. The fourth-order valence-corrected chi connectivity index (χ4v) is 0.715. The summed E-state index contributed by atoms with van der Waals surface area (Å²) in [5.41, 5.74) is 11.0. The Balaban J connectivity index is 2.55. The Morgan fingerprint density at radius 3 is 2.50 bits per heavy atom. The smallest absolute Gasteiger partial charge is 0.0818 e. The molecule has 0 aromatic heterocycles. The molecule has 44 valence electrons. The molecular weight excluding hydrogens is 100 g/mol. The molecule has 0 amide bonds. The van der Waals surface area contributed by atoms with Crippen LogP contribution in [0.5, 0.6) is 0 Å². The molecule has 0 bridgehead atoms. The lowest BCUT2D eigenvalue weighted by Gasteiger charge is -2.15. The summed E-state index contributed by atoms with van der Waals surface area (Å²) in [6.07, 6.45) is 1.86. The largest absolute Gasteiger partial charge is 0.325 e. The molecule has 0 aliphatic heterocycles. The van der Waals surface area contributed by atoms with Crippen LogP contribution >= 0.6 is 0 Å². The van der Waals surface area contributed by atoms with Gasteiger partial charge in [0.1, 0.15) is 0 Å². The highest BCUT2D eigenvalue weighted by Gasteiger charge is 2.11. The van der Waals surface area contributed by atoms with Gasteiger partial charge in [0.2, 0.25) is 0 Å². The van der Waals surface area contributed by atoms with Crippen LogP contribution in [0.15, 0.2) is 0 Å². The van der Waals surface area contributed by atoms with Crippen LogP contribution in [-0.2, 0) is 0 Å². The van der Waals surface area contributed by atoms with Crippen molar-refractivity contribution in [1.29, 1.82) is 0 Å². The third-order valence-corrected chi connectivity index (χ3v) is 1.33. The molecular formula is C6H10N2. The Morgan fingerprint density at radius 1 is 1.38 bits per heavy atom. The van der Waals surface area contributed by atoms with E-state index in [4.69, 9.17) is 11.5 Å². The topological polar surface area (TPSA) is 52.0 Å². The number of rotatable bonds is 0. The quantitative estimate of drug-likeness (QED) is 0.411. The highest BCUT2D eigenvalue weighted by atomic mass is 14.8. The lowest BCUT2D eigenvalue weighted by Crippen LogP contribution is -2.41. The van der Waals surface area contributed by atoms with E-state index in [1.54, 1.807) is 0 Å². The number of hydrogen-bond donors (Lipinski definition) is 2. The lowest BCUT2D eigenvalue weighted by molar-refractivity contribution is 0.563. The molecule has 2 heteroatoms. The molecule has 0 radical (unpaired) electrons. The van der Waals surface area contributed by atoms with E-state index < -0.39 is 0 Å². The molecule has 0 fully saturated rings. The van der Waals surface area contributed by atoms with E-state index in [-0.39, 0.29) is 12.1 Å². The van der Waals surface area contributed by atoms with E-state index in [9.17, 15) is 0 Å². The molecule has 0 saturated carbocycles. The maximum absolute atomic E-state index is 5.55. The zero-order valence-corrected chi connectivity index (χ0v) is 4.72. The molecule has 2 nitrogen and oxygen atoms in total. The summed E-state index contributed by atoms with van der Waals surface area (Å²) < 4.78 is 0. The van der Waals surface area contributed by atoms with Gasteiger partial charge in [0.25, 0.3) is 0 Å². The van der Waals surface area contributed by atoms with Crippen LogP contribution in [0, 0.1) is 11.8 Å². The Kier molecular flexibility index (Phi) is 1.52. The van der Waals surface area contributed by atoms with Gasteiger partial charge in [-0.25, -0.2) is 0 Å². The molecule has 4 N–H and O–H groups in total. The van der Waals surface area contributed by atoms with Gasteiger partial charge in [-0.05, 0) is 6.42 Å². The Labute approximate surface area is 49.2 Å². The highest BCUT2D eigenvalue weighted by Crippen LogP contribution is 2.00. The van der Waals surface area contributed by atoms with E-state index in [0.717, 1.165) is 12.8 Å². The molecule has 2 atom stereocenters. The van der Waals surface area contributed by atoms with Gasteiger partial charge >= 0.3 is 0 Å². The lowest BCUT2D eigenvalue weighted by atomic mass is 10.0. The van der Waals surface area contributed by atoms with Crippen LogP contribution in [0.4, 0.5) is 0 Å². The molecule has 1 aliphatic rings. The van der Waals surface area contributed by atoms with Crippen LogP contribution in [-0.4, -0.2) is 12.1 Å². The predicted octanol–water partition coefficient (Wildman–Crippen LogP) is -0.562. The Bertz CT molecular complexity index is 131. The fraction of sp³-hybridized carbons (Fsp3) is 0.667. The number of hydrogen-bond acceptors (Lipinski definition) is 2. The fourth-order valence-electron chi connectivity index (χ4n) is 0.715. The van der Waals surface area contributed by atoms with Crippen molar-refractivity contribution < 1.29 is 0 Å². The average Bonchev–Trinajstić information content (AvgIpc) is 1.77. The van der Waals surface area contributed by atoms with E-state index >= 15 is 0 Å². The first kappa shape index (κ1) is 5.61. The van der Waals surface area contributed by atoms with Gasteiger partial charge in [0, 0.05) is 12.5 Å². The average molecular weight is 110 g/mol. The molecule has 1 aliphatic carbocycles. The van der Waals surface area contributed by atoms with Gasteiger partial charge in [-0.3, -0.25) is 0 Å². The van der Waals surface area contributed by atoms with Crippen molar-refractivity contribution in [3.63, 3.8) is 0 Å². The number of nitrogens with two attached hydrogens (primary N) is 2. The monoisotopic (exact) mass is 110 g/mol. The highest BCUT2D eigenvalue weighted by molar-refractivity contribution is 5.14. The van der Waals surface area contributed by atoms with Crippen molar-refractivity contribution in [2.24, 2.45) is 11.5 Å². The van der Waals surface area contributed by atoms with Crippen LogP contribution in [0.2, 0.25) is 0 Å². The first-order valence-corrected chi connectivity index (χ1v) is 2.80. The maximum atomic E-state index is 5.55. The molecule has 0 aromatic rings. The van der Waals surface area contributed by atoms with Crippen molar-refractivity contribution in [1.82, 2.24) is 0 Å². The van der Waals surface area contributed by atoms with Crippen LogP contribution in [0.1, 0.15) is 12.8 Å². The van der Waals surface area contributed by atoms with E-state index in [1.165, 1.54) is 0 Å². The second-order valence-corrected chi connectivity index (χ2v) is 2.05. The minimum Gasteiger partial charge on any atom is -0.325 e. The van der Waals surface area contributed by atoms with Gasteiger partial charge in [0.05, 0.1) is 6.04 Å². The third kappa shape index (κ3) is 1.00. The van der Waals surface area contributed by atoms with Crippen LogP contribution < -0.4 is 11.5 Å². The summed E-state index contributed by atoms with van der Waals surface area (Å²) in [6, 6.07) is 0.0278. The van der Waals surface area contributed by atoms with Crippen LogP contribution in [0.3, 0.4) is 0 Å². The van der Waals surface area contributed by atoms with Gasteiger partial charge in [-0.2, -0.15) is 0 Å². The van der Waals surface area contributed by atoms with E-state index in [2.05, 4.69) is 11.8 Å². The third-order valence-electron chi connectivity index (χ3n) is 1.33. The van der Waals surface area contributed by atoms with Gasteiger partial charge in [-0.15, -0.1) is 5.92 Å². The first-order valence-electron chi connectivity index (χ1n) is 2.80. The van der Waals surface area contributed by atoms with Crippen molar-refractivity contribution in [2.75, 3.05) is 0 Å². The van der Waals surface area contributed by atoms with Crippen molar-refractivity contribution >= 4 is 0 Å². The summed E-state index contributed by atoms with van der Waals surface area (Å²) in [5.74, 6) is 5.74. The second kappa shape index (κ2) is 2.17. The zero-order chi connectivity index (χ0) is 5.98. The first-order chi connectivity index (χ1) is 3.80. The minimum atomic E-state index is -0.0799. The Hall–Kier alpha value is -0.520. The van der Waals surface area contributed by atoms with E-state index in [0.29, 0.717) is 0 Å². The molecule has 1 rings (SSSR count).